The molecule has 1 heterocycles. The van der Waals surface area contributed by atoms with Crippen LogP contribution in [0.3, 0.4) is 0 Å². The fourth-order valence-electron chi connectivity index (χ4n) is 1.36. The van der Waals surface area contributed by atoms with E-state index in [-0.39, 0.29) is 0 Å². The molecule has 0 aliphatic rings. The minimum atomic E-state index is -0.391. The number of halogens is 2. The molecular formula is C11H10BrFN2. The molecule has 1 aromatic carbocycles. The summed E-state index contributed by atoms with van der Waals surface area (Å²) in [5.74, 6) is 0.707. The molecule has 0 fully saturated rings. The van der Waals surface area contributed by atoms with Gasteiger partial charge in [0.15, 0.2) is 0 Å². The van der Waals surface area contributed by atoms with Crippen LogP contribution in [-0.2, 0) is 0 Å². The van der Waals surface area contributed by atoms with Gasteiger partial charge in [-0.05, 0) is 24.3 Å². The number of hydrogen-bond acceptors (Lipinski definition) is 2. The first kappa shape index (κ1) is 10.4. The summed E-state index contributed by atoms with van der Waals surface area (Å²) in [6, 6.07) is 9.72. The molecule has 2 aromatic rings. The number of benzene rings is 1. The maximum absolute atomic E-state index is 12.0. The third kappa shape index (κ3) is 2.45. The quantitative estimate of drug-likeness (QED) is 0.923. The second kappa shape index (κ2) is 4.57. The second-order valence-corrected chi connectivity index (χ2v) is 4.06. The molecular weight excluding hydrogens is 259 g/mol. The molecule has 2 rings (SSSR count). The van der Waals surface area contributed by atoms with Crippen molar-refractivity contribution in [3.8, 4) is 0 Å². The molecule has 4 heteroatoms. The van der Waals surface area contributed by atoms with E-state index < -0.39 is 6.67 Å². The maximum atomic E-state index is 12.0. The second-order valence-electron chi connectivity index (χ2n) is 3.15. The van der Waals surface area contributed by atoms with Gasteiger partial charge in [0.2, 0.25) is 0 Å². The summed E-state index contributed by atoms with van der Waals surface area (Å²) in [6.07, 6.45) is 0. The van der Waals surface area contributed by atoms with Crippen LogP contribution in [0.25, 0.3) is 10.9 Å². The van der Waals surface area contributed by atoms with Crippen molar-refractivity contribution in [3.05, 3.63) is 34.8 Å². The highest BCUT2D eigenvalue weighted by atomic mass is 79.9. The van der Waals surface area contributed by atoms with Gasteiger partial charge in [-0.1, -0.05) is 22.0 Å². The van der Waals surface area contributed by atoms with E-state index in [4.69, 9.17) is 0 Å². The molecule has 0 saturated carbocycles. The van der Waals surface area contributed by atoms with Gasteiger partial charge in [-0.2, -0.15) is 0 Å². The third-order valence-corrected chi connectivity index (χ3v) is 2.55. The molecule has 0 atom stereocenters. The molecule has 0 amide bonds. The molecule has 0 bridgehead atoms. The van der Waals surface area contributed by atoms with Crippen LogP contribution in [0, 0.1) is 0 Å². The van der Waals surface area contributed by atoms with Crippen LogP contribution in [0.2, 0.25) is 0 Å². The fourth-order valence-corrected chi connectivity index (χ4v) is 1.71. The highest BCUT2D eigenvalue weighted by molar-refractivity contribution is 9.10. The van der Waals surface area contributed by atoms with Gasteiger partial charge in [0, 0.05) is 16.4 Å². The number of nitrogens with one attached hydrogen (secondary N) is 1. The van der Waals surface area contributed by atoms with Crippen LogP contribution in [0.4, 0.5) is 10.2 Å². The predicted octanol–water partition coefficient (Wildman–Crippen LogP) is 3.38. The van der Waals surface area contributed by atoms with Crippen LogP contribution in [-0.4, -0.2) is 18.2 Å². The lowest BCUT2D eigenvalue weighted by Gasteiger charge is -2.04. The number of anilines is 1. The Labute approximate surface area is 95.6 Å². The van der Waals surface area contributed by atoms with E-state index in [9.17, 15) is 4.39 Å². The van der Waals surface area contributed by atoms with Crippen LogP contribution in [0.1, 0.15) is 0 Å². The molecule has 0 aliphatic heterocycles. The van der Waals surface area contributed by atoms with Gasteiger partial charge in [0.1, 0.15) is 12.5 Å². The molecule has 2 nitrogen and oxygen atoms in total. The maximum Gasteiger partial charge on any atom is 0.126 e. The summed E-state index contributed by atoms with van der Waals surface area (Å²) in [6.45, 7) is -0.0925. The topological polar surface area (TPSA) is 24.9 Å². The van der Waals surface area contributed by atoms with Gasteiger partial charge in [0.25, 0.3) is 0 Å². The zero-order chi connectivity index (χ0) is 10.7. The first-order chi connectivity index (χ1) is 7.29. The Hall–Kier alpha value is -1.16. The number of hydrogen-bond donors (Lipinski definition) is 1. The van der Waals surface area contributed by atoms with E-state index >= 15 is 0 Å². The van der Waals surface area contributed by atoms with Gasteiger partial charge in [-0.15, -0.1) is 0 Å². The molecule has 0 spiro atoms. The van der Waals surface area contributed by atoms with Gasteiger partial charge in [0.05, 0.1) is 5.52 Å². The largest absolute Gasteiger partial charge is 0.367 e. The van der Waals surface area contributed by atoms with Gasteiger partial charge in [-0.3, -0.25) is 0 Å². The number of rotatable bonds is 3. The van der Waals surface area contributed by atoms with Crippen molar-refractivity contribution in [2.45, 2.75) is 0 Å². The van der Waals surface area contributed by atoms with Crippen LogP contribution < -0.4 is 5.32 Å². The number of aromatic nitrogens is 1. The molecule has 1 N–H and O–H groups in total. The van der Waals surface area contributed by atoms with Crippen molar-refractivity contribution in [2.75, 3.05) is 18.5 Å². The highest BCUT2D eigenvalue weighted by Crippen LogP contribution is 2.19. The lowest BCUT2D eigenvalue weighted by molar-refractivity contribution is 0.512. The van der Waals surface area contributed by atoms with Crippen molar-refractivity contribution >= 4 is 32.7 Å². The molecule has 1 aromatic heterocycles. The SMILES string of the molecule is FCCNc1ccc2ccc(Br)cc2n1. The molecule has 0 aliphatic carbocycles. The first-order valence-corrected chi connectivity index (χ1v) is 5.45. The molecule has 0 unspecified atom stereocenters. The minimum Gasteiger partial charge on any atom is -0.367 e. The van der Waals surface area contributed by atoms with Gasteiger partial charge in [-0.25, -0.2) is 9.37 Å². The Bertz CT molecular complexity index is 473. The van der Waals surface area contributed by atoms with Crippen molar-refractivity contribution in [1.82, 2.24) is 4.98 Å². The van der Waals surface area contributed by atoms with Crippen molar-refractivity contribution in [1.29, 1.82) is 0 Å². The van der Waals surface area contributed by atoms with Gasteiger partial charge < -0.3 is 5.32 Å². The molecule has 0 saturated heterocycles. The number of fused-ring (bicyclic) bond motifs is 1. The lowest BCUT2D eigenvalue weighted by atomic mass is 10.2. The number of nitrogens with zero attached hydrogens (tertiary/aromatic N) is 1. The van der Waals surface area contributed by atoms with E-state index in [0.717, 1.165) is 15.4 Å². The summed E-state index contributed by atoms with van der Waals surface area (Å²) in [4.78, 5) is 4.37. The Morgan fingerprint density at radius 1 is 1.27 bits per heavy atom. The van der Waals surface area contributed by atoms with Gasteiger partial charge >= 0.3 is 0 Å². The summed E-state index contributed by atoms with van der Waals surface area (Å²) < 4.78 is 12.9. The third-order valence-electron chi connectivity index (χ3n) is 2.05. The first-order valence-electron chi connectivity index (χ1n) is 4.66. The van der Waals surface area contributed by atoms with Crippen LogP contribution in [0.5, 0.6) is 0 Å². The van der Waals surface area contributed by atoms with E-state index in [1.807, 2.05) is 30.3 Å². The van der Waals surface area contributed by atoms with Crippen LogP contribution >= 0.6 is 15.9 Å². The average Bonchev–Trinajstić information content (AvgIpc) is 2.25. The molecule has 0 radical (unpaired) electrons. The number of pyridine rings is 1. The molecule has 15 heavy (non-hydrogen) atoms. The Balaban J connectivity index is 2.36. The Morgan fingerprint density at radius 3 is 2.87 bits per heavy atom. The number of alkyl halides is 1. The van der Waals surface area contributed by atoms with E-state index in [1.54, 1.807) is 0 Å². The fraction of sp³-hybridized carbons (Fsp3) is 0.182. The monoisotopic (exact) mass is 268 g/mol. The zero-order valence-corrected chi connectivity index (χ0v) is 9.59. The minimum absolute atomic E-state index is 0.298. The van der Waals surface area contributed by atoms with Crippen molar-refractivity contribution in [2.24, 2.45) is 0 Å². The summed E-state index contributed by atoms with van der Waals surface area (Å²) in [5.41, 5.74) is 0.897. The summed E-state index contributed by atoms with van der Waals surface area (Å²) in [5, 5.41) is 3.98. The molecule has 78 valence electrons. The summed E-state index contributed by atoms with van der Waals surface area (Å²) in [7, 11) is 0. The van der Waals surface area contributed by atoms with Crippen LogP contribution in [0.15, 0.2) is 34.8 Å². The summed E-state index contributed by atoms with van der Waals surface area (Å²) >= 11 is 3.39. The van der Waals surface area contributed by atoms with E-state index in [0.29, 0.717) is 12.4 Å². The Kier molecular flexibility index (Phi) is 3.16. The standard InChI is InChI=1S/C11H10BrFN2/c12-9-3-1-8-2-4-11(14-6-5-13)15-10(8)7-9/h1-4,7H,5-6H2,(H,14,15). The zero-order valence-electron chi connectivity index (χ0n) is 8.00. The van der Waals surface area contributed by atoms with E-state index in [2.05, 4.69) is 26.2 Å². The van der Waals surface area contributed by atoms with E-state index in [1.165, 1.54) is 0 Å². The predicted molar refractivity (Wildman–Crippen MR) is 63.9 cm³/mol. The lowest BCUT2D eigenvalue weighted by Crippen LogP contribution is -2.04. The smallest absolute Gasteiger partial charge is 0.126 e. The normalized spacial score (nSPS) is 10.5. The highest BCUT2D eigenvalue weighted by Gasteiger charge is 1.98. The van der Waals surface area contributed by atoms with Crippen molar-refractivity contribution < 1.29 is 4.39 Å². The Morgan fingerprint density at radius 2 is 2.07 bits per heavy atom. The van der Waals surface area contributed by atoms with Crippen molar-refractivity contribution in [3.63, 3.8) is 0 Å². The average molecular weight is 269 g/mol.